The number of anilines is 3. The van der Waals surface area contributed by atoms with Crippen molar-refractivity contribution in [1.82, 2.24) is 9.97 Å². The quantitative estimate of drug-likeness (QED) is 0.779. The van der Waals surface area contributed by atoms with Gasteiger partial charge in [-0.3, -0.25) is 4.79 Å². The van der Waals surface area contributed by atoms with Crippen molar-refractivity contribution in [3.8, 4) is 0 Å². The van der Waals surface area contributed by atoms with Gasteiger partial charge in [-0.25, -0.2) is 9.97 Å². The zero-order chi connectivity index (χ0) is 18.1. The van der Waals surface area contributed by atoms with E-state index in [1.54, 1.807) is 17.9 Å². The third-order valence-corrected chi connectivity index (χ3v) is 4.51. The molecule has 5 nitrogen and oxygen atoms in total. The molecule has 130 valence electrons. The molecule has 2 heterocycles. The van der Waals surface area contributed by atoms with Gasteiger partial charge >= 0.3 is 0 Å². The molecule has 5 heteroatoms. The topological polar surface area (TPSA) is 58.1 Å². The zero-order valence-electron chi connectivity index (χ0n) is 14.9. The van der Waals surface area contributed by atoms with Crippen molar-refractivity contribution in [3.05, 3.63) is 77.2 Å². The molecule has 1 N–H and O–H groups in total. The summed E-state index contributed by atoms with van der Waals surface area (Å²) < 4.78 is 0. The highest BCUT2D eigenvalue weighted by Crippen LogP contribution is 2.29. The molecule has 1 aliphatic rings. The molecule has 2 aromatic carbocycles. The van der Waals surface area contributed by atoms with Crippen molar-refractivity contribution in [2.24, 2.45) is 0 Å². The Kier molecular flexibility index (Phi) is 4.13. The lowest BCUT2D eigenvalue weighted by molar-refractivity contribution is 0.0984. The van der Waals surface area contributed by atoms with Crippen LogP contribution in [0.3, 0.4) is 0 Å². The van der Waals surface area contributed by atoms with Gasteiger partial charge in [-0.05, 0) is 44.0 Å². The highest BCUT2D eigenvalue weighted by molar-refractivity contribution is 6.06. The Balaban J connectivity index is 1.62. The number of amides is 1. The number of nitrogens with one attached hydrogen (secondary N) is 1. The average molecular weight is 344 g/mol. The van der Waals surface area contributed by atoms with Crippen LogP contribution in [0.1, 0.15) is 27.4 Å². The zero-order valence-corrected chi connectivity index (χ0v) is 14.9. The van der Waals surface area contributed by atoms with Gasteiger partial charge in [0.15, 0.2) is 0 Å². The summed E-state index contributed by atoms with van der Waals surface area (Å²) >= 11 is 0. The first-order chi connectivity index (χ1) is 12.6. The van der Waals surface area contributed by atoms with Crippen molar-refractivity contribution in [2.45, 2.75) is 20.3 Å². The van der Waals surface area contributed by atoms with Crippen molar-refractivity contribution >= 4 is 23.1 Å². The van der Waals surface area contributed by atoms with Crippen LogP contribution in [-0.4, -0.2) is 22.4 Å². The molecule has 0 radical (unpaired) electrons. The molecule has 0 bridgehead atoms. The summed E-state index contributed by atoms with van der Waals surface area (Å²) in [6.45, 7) is 4.53. The second-order valence-corrected chi connectivity index (χ2v) is 6.51. The highest BCUT2D eigenvalue weighted by Gasteiger charge is 2.26. The second-order valence-electron chi connectivity index (χ2n) is 6.51. The van der Waals surface area contributed by atoms with E-state index in [-0.39, 0.29) is 5.91 Å². The van der Waals surface area contributed by atoms with Crippen molar-refractivity contribution in [2.75, 3.05) is 16.8 Å². The number of rotatable bonds is 3. The van der Waals surface area contributed by atoms with E-state index in [9.17, 15) is 4.79 Å². The fourth-order valence-corrected chi connectivity index (χ4v) is 3.21. The maximum Gasteiger partial charge on any atom is 0.277 e. The molecular weight excluding hydrogens is 324 g/mol. The molecular formula is C21H20N4O. The van der Waals surface area contributed by atoms with Crippen LogP contribution >= 0.6 is 0 Å². The first-order valence-electron chi connectivity index (χ1n) is 8.69. The summed E-state index contributed by atoms with van der Waals surface area (Å²) in [7, 11) is 0. The Hall–Kier alpha value is -3.21. The largest absolute Gasteiger partial charge is 0.340 e. The van der Waals surface area contributed by atoms with Crippen LogP contribution in [0.15, 0.2) is 54.6 Å². The molecule has 1 aromatic heterocycles. The van der Waals surface area contributed by atoms with Gasteiger partial charge in [-0.1, -0.05) is 35.9 Å². The number of fused-ring (bicyclic) bond motifs is 1. The number of aryl methyl sites for hydroxylation is 2. The summed E-state index contributed by atoms with van der Waals surface area (Å²) in [6, 6.07) is 17.8. The van der Waals surface area contributed by atoms with Crippen molar-refractivity contribution in [3.63, 3.8) is 0 Å². The van der Waals surface area contributed by atoms with Crippen LogP contribution in [0.25, 0.3) is 0 Å². The van der Waals surface area contributed by atoms with Crippen LogP contribution in [-0.2, 0) is 6.42 Å². The predicted molar refractivity (Wildman–Crippen MR) is 103 cm³/mol. The molecule has 26 heavy (non-hydrogen) atoms. The van der Waals surface area contributed by atoms with E-state index in [4.69, 9.17) is 0 Å². The molecule has 1 amide bonds. The summed E-state index contributed by atoms with van der Waals surface area (Å²) in [6.07, 6.45) is 0.875. The van der Waals surface area contributed by atoms with E-state index in [1.807, 2.05) is 49.4 Å². The molecule has 4 rings (SSSR count). The first-order valence-corrected chi connectivity index (χ1v) is 8.69. The minimum absolute atomic E-state index is 0.0904. The Bertz CT molecular complexity index is 966. The van der Waals surface area contributed by atoms with Gasteiger partial charge < -0.3 is 10.2 Å². The van der Waals surface area contributed by atoms with E-state index < -0.39 is 0 Å². The van der Waals surface area contributed by atoms with Crippen LogP contribution in [0.5, 0.6) is 0 Å². The molecule has 0 saturated carbocycles. The lowest BCUT2D eigenvalue weighted by Gasteiger charge is -2.17. The average Bonchev–Trinajstić information content (AvgIpc) is 3.07. The normalized spacial score (nSPS) is 12.8. The number of aromatic nitrogens is 2. The van der Waals surface area contributed by atoms with Gasteiger partial charge in [0, 0.05) is 24.0 Å². The fourth-order valence-electron chi connectivity index (χ4n) is 3.21. The van der Waals surface area contributed by atoms with Crippen LogP contribution in [0.4, 0.5) is 17.2 Å². The SMILES string of the molecule is Cc1ccc(Nc2cc(C(=O)N3CCc4ccccc43)nc(C)n2)cc1. The molecule has 1 aliphatic heterocycles. The Morgan fingerprint density at radius 2 is 1.81 bits per heavy atom. The lowest BCUT2D eigenvalue weighted by Crippen LogP contribution is -2.30. The molecule has 3 aromatic rings. The van der Waals surface area contributed by atoms with Gasteiger partial charge in [0.1, 0.15) is 17.3 Å². The van der Waals surface area contributed by atoms with Crippen LogP contribution in [0, 0.1) is 13.8 Å². The fraction of sp³-hybridized carbons (Fsp3) is 0.190. The van der Waals surface area contributed by atoms with Gasteiger partial charge in [-0.15, -0.1) is 0 Å². The summed E-state index contributed by atoms with van der Waals surface area (Å²) in [5.41, 5.74) is 4.70. The minimum atomic E-state index is -0.0904. The maximum atomic E-state index is 13.0. The van der Waals surface area contributed by atoms with Crippen molar-refractivity contribution in [1.29, 1.82) is 0 Å². The van der Waals surface area contributed by atoms with E-state index in [1.165, 1.54) is 11.1 Å². The highest BCUT2D eigenvalue weighted by atomic mass is 16.2. The molecule has 0 spiro atoms. The molecule has 0 atom stereocenters. The third kappa shape index (κ3) is 3.16. The number of carbonyl (C=O) groups excluding carboxylic acids is 1. The second kappa shape index (κ2) is 6.59. The summed E-state index contributed by atoms with van der Waals surface area (Å²) in [4.78, 5) is 23.6. The van der Waals surface area contributed by atoms with E-state index >= 15 is 0 Å². The number of para-hydroxylation sites is 1. The van der Waals surface area contributed by atoms with E-state index in [0.717, 1.165) is 17.8 Å². The van der Waals surface area contributed by atoms with Gasteiger partial charge in [0.2, 0.25) is 0 Å². The number of hydrogen-bond acceptors (Lipinski definition) is 4. The Morgan fingerprint density at radius 1 is 1.04 bits per heavy atom. The van der Waals surface area contributed by atoms with Crippen molar-refractivity contribution < 1.29 is 4.79 Å². The smallest absolute Gasteiger partial charge is 0.277 e. The van der Waals surface area contributed by atoms with Crippen LogP contribution < -0.4 is 10.2 Å². The van der Waals surface area contributed by atoms with Gasteiger partial charge in [-0.2, -0.15) is 0 Å². The number of nitrogens with zero attached hydrogens (tertiary/aromatic N) is 3. The first kappa shape index (κ1) is 16.3. The third-order valence-electron chi connectivity index (χ3n) is 4.51. The Labute approximate surface area is 152 Å². The van der Waals surface area contributed by atoms with Gasteiger partial charge in [0.05, 0.1) is 0 Å². The molecule has 0 saturated heterocycles. The number of benzene rings is 2. The lowest BCUT2D eigenvalue weighted by atomic mass is 10.2. The summed E-state index contributed by atoms with van der Waals surface area (Å²) in [5.74, 6) is 1.10. The molecule has 0 fully saturated rings. The summed E-state index contributed by atoms with van der Waals surface area (Å²) in [5, 5.41) is 3.26. The Morgan fingerprint density at radius 3 is 2.62 bits per heavy atom. The molecule has 0 unspecified atom stereocenters. The van der Waals surface area contributed by atoms with Crippen LogP contribution in [0.2, 0.25) is 0 Å². The molecule has 0 aliphatic carbocycles. The predicted octanol–water partition coefficient (Wildman–Crippen LogP) is 4.04. The van der Waals surface area contributed by atoms with Gasteiger partial charge in [0.25, 0.3) is 5.91 Å². The van der Waals surface area contributed by atoms with E-state index in [2.05, 4.69) is 21.4 Å². The monoisotopic (exact) mass is 344 g/mol. The number of hydrogen-bond donors (Lipinski definition) is 1. The minimum Gasteiger partial charge on any atom is -0.340 e. The standard InChI is InChI=1S/C21H20N4O/c1-14-7-9-17(10-8-14)24-20-13-18(22-15(2)23-20)21(26)25-12-11-16-5-3-4-6-19(16)25/h3-10,13H,11-12H2,1-2H3,(H,22,23,24). The maximum absolute atomic E-state index is 13.0. The van der Waals surface area contributed by atoms with E-state index in [0.29, 0.717) is 23.9 Å². The number of carbonyl (C=O) groups is 1.